The van der Waals surface area contributed by atoms with Crippen molar-refractivity contribution in [1.82, 2.24) is 10.6 Å². The van der Waals surface area contributed by atoms with Gasteiger partial charge < -0.3 is 20.8 Å². The van der Waals surface area contributed by atoms with E-state index in [1.165, 1.54) is 0 Å². The molecule has 3 saturated carbocycles. The van der Waals surface area contributed by atoms with Crippen LogP contribution in [0.3, 0.4) is 0 Å². The van der Waals surface area contributed by atoms with E-state index in [4.69, 9.17) is 0 Å². The number of benzene rings is 2. The zero-order valence-corrected chi connectivity index (χ0v) is 16.0. The number of aliphatic hydroxyl groups is 2. The van der Waals surface area contributed by atoms with Crippen LogP contribution in [0.5, 0.6) is 0 Å². The van der Waals surface area contributed by atoms with Crippen LogP contribution < -0.4 is 10.6 Å². The standard InChI is InChI=1S/C24H28N2O2/c27-21(15-7-3-1-4-8-15)23-11-20-24(22(28)16-9-5-2-6-10-16)12-19(23)25-14-18(24)17(23)13-26-20/h1-10,17-22,25-28H,11-14H2/t17?,18?,19-,20+,21?,22?,23-,24+. The molecule has 6 bridgehead atoms. The Labute approximate surface area is 166 Å². The summed E-state index contributed by atoms with van der Waals surface area (Å²) < 4.78 is 0. The summed E-state index contributed by atoms with van der Waals surface area (Å²) in [5.74, 6) is 0.761. The molecule has 4 nitrogen and oxygen atoms in total. The molecule has 4 aliphatic heterocycles. The van der Waals surface area contributed by atoms with E-state index in [-0.39, 0.29) is 22.9 Å². The van der Waals surface area contributed by atoms with Gasteiger partial charge in [0.05, 0.1) is 12.2 Å². The van der Waals surface area contributed by atoms with Crippen LogP contribution in [0.2, 0.25) is 0 Å². The highest BCUT2D eigenvalue weighted by atomic mass is 16.3. The molecule has 3 aliphatic carbocycles. The van der Waals surface area contributed by atoms with Crippen molar-refractivity contribution in [3.63, 3.8) is 0 Å². The van der Waals surface area contributed by atoms with Crippen molar-refractivity contribution in [3.8, 4) is 0 Å². The highest BCUT2D eigenvalue weighted by molar-refractivity contribution is 5.34. The first-order valence-electron chi connectivity index (χ1n) is 10.6. The van der Waals surface area contributed by atoms with Gasteiger partial charge in [-0.05, 0) is 48.9 Å². The fourth-order valence-corrected chi connectivity index (χ4v) is 7.57. The number of aliphatic hydroxyl groups excluding tert-OH is 2. The normalized spacial score (nSPS) is 42.5. The molecule has 0 spiro atoms. The van der Waals surface area contributed by atoms with Gasteiger partial charge in [0.2, 0.25) is 0 Å². The molecule has 4 heterocycles. The minimum atomic E-state index is -0.462. The Morgan fingerprint density at radius 2 is 1.07 bits per heavy atom. The van der Waals surface area contributed by atoms with Gasteiger partial charge in [-0.15, -0.1) is 0 Å². The molecule has 4 saturated heterocycles. The van der Waals surface area contributed by atoms with Crippen molar-refractivity contribution < 1.29 is 10.2 Å². The van der Waals surface area contributed by atoms with E-state index in [1.807, 2.05) is 36.4 Å². The SMILES string of the molecule is OC(c1ccccc1)[C@@]12C[C@H]3NCC1C1CN[C@H]2C[C@@]13C(O)c1ccccc1. The van der Waals surface area contributed by atoms with Crippen molar-refractivity contribution in [2.45, 2.75) is 37.1 Å². The molecule has 0 amide bonds. The van der Waals surface area contributed by atoms with Gasteiger partial charge in [-0.1, -0.05) is 60.7 Å². The van der Waals surface area contributed by atoms with Crippen LogP contribution in [0.25, 0.3) is 0 Å². The maximum Gasteiger partial charge on any atom is 0.0864 e. The van der Waals surface area contributed by atoms with Crippen LogP contribution >= 0.6 is 0 Å². The van der Waals surface area contributed by atoms with E-state index in [9.17, 15) is 10.2 Å². The van der Waals surface area contributed by atoms with Gasteiger partial charge in [-0.25, -0.2) is 0 Å². The lowest BCUT2D eigenvalue weighted by Gasteiger charge is -2.77. The minimum absolute atomic E-state index is 0.141. The van der Waals surface area contributed by atoms with E-state index < -0.39 is 12.2 Å². The van der Waals surface area contributed by atoms with Crippen LogP contribution in [-0.2, 0) is 0 Å². The van der Waals surface area contributed by atoms with E-state index >= 15 is 0 Å². The van der Waals surface area contributed by atoms with Gasteiger partial charge in [-0.3, -0.25) is 0 Å². The summed E-state index contributed by atoms with van der Waals surface area (Å²) in [7, 11) is 0. The zero-order chi connectivity index (χ0) is 18.9. The van der Waals surface area contributed by atoms with Crippen LogP contribution in [0.1, 0.15) is 36.2 Å². The van der Waals surface area contributed by atoms with Crippen LogP contribution in [0, 0.1) is 22.7 Å². The third-order valence-corrected chi connectivity index (χ3v) is 8.70. The quantitative estimate of drug-likeness (QED) is 0.662. The third kappa shape index (κ3) is 1.94. The Bertz CT molecular complexity index is 801. The molecule has 146 valence electrons. The largest absolute Gasteiger partial charge is 0.388 e. The summed E-state index contributed by atoms with van der Waals surface area (Å²) in [5, 5.41) is 30.7. The average Bonchev–Trinajstić information content (AvgIpc) is 2.79. The molecule has 8 atom stereocenters. The van der Waals surface area contributed by atoms with Gasteiger partial charge in [-0.2, -0.15) is 0 Å². The number of nitrogens with one attached hydrogen (secondary N) is 2. The summed E-state index contributed by atoms with van der Waals surface area (Å²) in [6.45, 7) is 1.89. The van der Waals surface area contributed by atoms with Crippen molar-refractivity contribution in [2.24, 2.45) is 22.7 Å². The number of hydrogen-bond acceptors (Lipinski definition) is 4. The van der Waals surface area contributed by atoms with Crippen molar-refractivity contribution in [1.29, 1.82) is 0 Å². The maximum absolute atomic E-state index is 11.6. The Balaban J connectivity index is 1.44. The smallest absolute Gasteiger partial charge is 0.0864 e. The summed E-state index contributed by atoms with van der Waals surface area (Å²) in [5.41, 5.74) is 1.77. The molecule has 2 aromatic carbocycles. The van der Waals surface area contributed by atoms with Crippen LogP contribution in [-0.4, -0.2) is 35.4 Å². The van der Waals surface area contributed by atoms with E-state index in [2.05, 4.69) is 34.9 Å². The molecule has 7 aliphatic rings. The monoisotopic (exact) mass is 376 g/mol. The summed E-state index contributed by atoms with van der Waals surface area (Å²) in [6.07, 6.45) is 0.920. The first-order chi connectivity index (χ1) is 13.7. The third-order valence-electron chi connectivity index (χ3n) is 8.70. The predicted octanol–water partition coefficient (Wildman–Crippen LogP) is 2.41. The second-order valence-corrected chi connectivity index (χ2v) is 9.39. The fourth-order valence-electron chi connectivity index (χ4n) is 7.57. The van der Waals surface area contributed by atoms with Gasteiger partial charge in [0, 0.05) is 22.9 Å². The second-order valence-electron chi connectivity index (χ2n) is 9.39. The minimum Gasteiger partial charge on any atom is -0.388 e. The highest BCUT2D eigenvalue weighted by Crippen LogP contribution is 2.72. The first kappa shape index (κ1) is 17.2. The molecule has 28 heavy (non-hydrogen) atoms. The second kappa shape index (κ2) is 5.90. The molecule has 4 unspecified atom stereocenters. The van der Waals surface area contributed by atoms with E-state index in [0.717, 1.165) is 37.1 Å². The van der Waals surface area contributed by atoms with Gasteiger partial charge in [0.15, 0.2) is 0 Å². The van der Waals surface area contributed by atoms with Gasteiger partial charge in [0.1, 0.15) is 0 Å². The van der Waals surface area contributed by atoms with E-state index in [0.29, 0.717) is 11.8 Å². The first-order valence-corrected chi connectivity index (χ1v) is 10.6. The number of piperidine rings is 4. The highest BCUT2D eigenvalue weighted by Gasteiger charge is 2.75. The molecule has 7 fully saturated rings. The van der Waals surface area contributed by atoms with Crippen molar-refractivity contribution >= 4 is 0 Å². The maximum atomic E-state index is 11.6. The molecule has 2 aromatic rings. The molecular weight excluding hydrogens is 348 g/mol. The van der Waals surface area contributed by atoms with Gasteiger partial charge in [0.25, 0.3) is 0 Å². The van der Waals surface area contributed by atoms with Crippen molar-refractivity contribution in [3.05, 3.63) is 71.8 Å². The Hall–Kier alpha value is -1.72. The number of hydrogen-bond donors (Lipinski definition) is 4. The molecule has 0 radical (unpaired) electrons. The molecule has 4 heteroatoms. The van der Waals surface area contributed by atoms with Gasteiger partial charge >= 0.3 is 0 Å². The average molecular weight is 377 g/mol. The fraction of sp³-hybridized carbons (Fsp3) is 0.500. The lowest BCUT2D eigenvalue weighted by atomic mass is 9.34. The number of fused-ring (bicyclic) bond motifs is 2. The van der Waals surface area contributed by atoms with Crippen molar-refractivity contribution in [2.75, 3.05) is 13.1 Å². The van der Waals surface area contributed by atoms with E-state index in [1.54, 1.807) is 0 Å². The Kier molecular flexibility index (Phi) is 3.61. The Morgan fingerprint density at radius 1 is 0.679 bits per heavy atom. The van der Waals surface area contributed by atoms with Crippen LogP contribution in [0.4, 0.5) is 0 Å². The Morgan fingerprint density at radius 3 is 1.46 bits per heavy atom. The topological polar surface area (TPSA) is 64.5 Å². The number of rotatable bonds is 4. The van der Waals surface area contributed by atoms with Crippen LogP contribution in [0.15, 0.2) is 60.7 Å². The molecule has 0 aromatic heterocycles. The molecular formula is C24H28N2O2. The zero-order valence-electron chi connectivity index (χ0n) is 16.0. The lowest BCUT2D eigenvalue weighted by molar-refractivity contribution is -0.280. The summed E-state index contributed by atoms with van der Waals surface area (Å²) in [6, 6.07) is 20.8. The lowest BCUT2D eigenvalue weighted by Crippen LogP contribution is -2.84. The summed E-state index contributed by atoms with van der Waals surface area (Å²) >= 11 is 0. The summed E-state index contributed by atoms with van der Waals surface area (Å²) in [4.78, 5) is 0. The predicted molar refractivity (Wildman–Crippen MR) is 107 cm³/mol. The molecule has 9 rings (SSSR count). The molecule has 4 N–H and O–H groups in total.